The molecule has 1 aliphatic rings. The molecule has 0 unspecified atom stereocenters. The van der Waals surface area contributed by atoms with Crippen molar-refractivity contribution in [3.8, 4) is 12.1 Å². The Bertz CT molecular complexity index is 625. The number of carbonyl (C=O) groups excluding carboxylic acids is 1. The van der Waals surface area contributed by atoms with Crippen LogP contribution in [0.1, 0.15) is 5.56 Å². The van der Waals surface area contributed by atoms with Gasteiger partial charge in [0.25, 0.3) is 0 Å². The highest BCUT2D eigenvalue weighted by Gasteiger charge is 2.52. The molecule has 1 aliphatic heterocycles. The minimum atomic E-state index is -1.24. The molecular formula is C15H13N3O2. The first kappa shape index (κ1) is 13.6. The van der Waals surface area contributed by atoms with Crippen LogP contribution in [-0.2, 0) is 16.0 Å². The van der Waals surface area contributed by atoms with Gasteiger partial charge in [-0.1, -0.05) is 30.3 Å². The van der Waals surface area contributed by atoms with Crippen LogP contribution in [0.4, 0.5) is 0 Å². The van der Waals surface area contributed by atoms with Gasteiger partial charge in [-0.05, 0) is 5.56 Å². The minimum absolute atomic E-state index is 0.244. The van der Waals surface area contributed by atoms with E-state index in [2.05, 4.69) is 5.32 Å². The van der Waals surface area contributed by atoms with E-state index in [4.69, 9.17) is 10.00 Å². The highest BCUT2D eigenvalue weighted by molar-refractivity contribution is 5.84. The number of esters is 1. The summed E-state index contributed by atoms with van der Waals surface area (Å²) in [6.45, 7) is 0. The molecule has 1 aromatic rings. The van der Waals surface area contributed by atoms with Crippen LogP contribution in [-0.4, -0.2) is 18.6 Å². The zero-order valence-electron chi connectivity index (χ0n) is 11.0. The Kier molecular flexibility index (Phi) is 3.72. The SMILES string of the molecule is COC(=O)[C@@]1(Cc2ccccc2)NC=C(C#N)[C@@H]1C#N. The van der Waals surface area contributed by atoms with Crippen molar-refractivity contribution in [3.05, 3.63) is 47.7 Å². The number of nitrogens with one attached hydrogen (secondary N) is 1. The summed E-state index contributed by atoms with van der Waals surface area (Å²) < 4.78 is 4.84. The lowest BCUT2D eigenvalue weighted by molar-refractivity contribution is -0.148. The van der Waals surface area contributed by atoms with Gasteiger partial charge in [-0.25, -0.2) is 4.79 Å². The Morgan fingerprint density at radius 1 is 1.40 bits per heavy atom. The second-order valence-electron chi connectivity index (χ2n) is 4.54. The van der Waals surface area contributed by atoms with Crippen molar-refractivity contribution in [1.82, 2.24) is 5.32 Å². The molecule has 5 nitrogen and oxygen atoms in total. The molecule has 1 heterocycles. The molecule has 5 heteroatoms. The van der Waals surface area contributed by atoms with E-state index >= 15 is 0 Å². The van der Waals surface area contributed by atoms with Crippen LogP contribution in [0, 0.1) is 28.6 Å². The highest BCUT2D eigenvalue weighted by Crippen LogP contribution is 2.34. The second-order valence-corrected chi connectivity index (χ2v) is 4.54. The van der Waals surface area contributed by atoms with Crippen LogP contribution < -0.4 is 5.32 Å². The van der Waals surface area contributed by atoms with Gasteiger partial charge in [0.1, 0.15) is 5.92 Å². The van der Waals surface area contributed by atoms with Crippen LogP contribution >= 0.6 is 0 Å². The number of rotatable bonds is 3. The molecule has 0 saturated heterocycles. The number of nitrogens with zero attached hydrogens (tertiary/aromatic N) is 2. The monoisotopic (exact) mass is 267 g/mol. The lowest BCUT2D eigenvalue weighted by Gasteiger charge is -2.30. The number of ether oxygens (including phenoxy) is 1. The van der Waals surface area contributed by atoms with E-state index in [1.807, 2.05) is 42.5 Å². The van der Waals surface area contributed by atoms with Gasteiger partial charge < -0.3 is 10.1 Å². The zero-order chi connectivity index (χ0) is 14.6. The fourth-order valence-corrected chi connectivity index (χ4v) is 2.42. The molecule has 0 spiro atoms. The van der Waals surface area contributed by atoms with E-state index < -0.39 is 17.4 Å². The van der Waals surface area contributed by atoms with E-state index in [9.17, 15) is 10.1 Å². The van der Waals surface area contributed by atoms with Gasteiger partial charge in [-0.15, -0.1) is 0 Å². The van der Waals surface area contributed by atoms with Crippen LogP contribution in [0.5, 0.6) is 0 Å². The Balaban J connectivity index is 2.42. The van der Waals surface area contributed by atoms with Gasteiger partial charge in [0.15, 0.2) is 5.54 Å². The summed E-state index contributed by atoms with van der Waals surface area (Å²) in [7, 11) is 1.27. The average molecular weight is 267 g/mol. The van der Waals surface area contributed by atoms with Crippen molar-refractivity contribution in [3.63, 3.8) is 0 Å². The lowest BCUT2D eigenvalue weighted by atomic mass is 9.78. The number of methoxy groups -OCH3 is 1. The highest BCUT2D eigenvalue weighted by atomic mass is 16.5. The molecule has 2 atom stereocenters. The predicted molar refractivity (Wildman–Crippen MR) is 70.8 cm³/mol. The summed E-state index contributed by atoms with van der Waals surface area (Å²) in [5, 5.41) is 21.3. The number of carbonyl (C=O) groups is 1. The normalized spacial score (nSPS) is 23.9. The van der Waals surface area contributed by atoms with Crippen molar-refractivity contribution in [2.45, 2.75) is 12.0 Å². The third kappa shape index (κ3) is 2.10. The molecule has 0 aromatic heterocycles. The molecule has 0 bridgehead atoms. The quantitative estimate of drug-likeness (QED) is 0.834. The van der Waals surface area contributed by atoms with Crippen molar-refractivity contribution in [2.24, 2.45) is 5.92 Å². The predicted octanol–water partition coefficient (Wildman–Crippen LogP) is 1.29. The summed E-state index contributed by atoms with van der Waals surface area (Å²) >= 11 is 0. The van der Waals surface area contributed by atoms with Crippen LogP contribution in [0.25, 0.3) is 0 Å². The van der Waals surface area contributed by atoms with Gasteiger partial charge in [0.05, 0.1) is 24.8 Å². The number of benzene rings is 1. The van der Waals surface area contributed by atoms with E-state index in [-0.39, 0.29) is 12.0 Å². The maximum Gasteiger partial charge on any atom is 0.333 e. The standard InChI is InChI=1S/C15H13N3O2/c1-20-14(19)15(7-11-5-3-2-4-6-11)13(9-17)12(8-16)10-18-15/h2-6,10,13,18H,7H2,1H3/t13-,15-/m0/s1. The van der Waals surface area contributed by atoms with Gasteiger partial charge in [0.2, 0.25) is 0 Å². The maximum absolute atomic E-state index is 12.2. The summed E-state index contributed by atoms with van der Waals surface area (Å²) in [4.78, 5) is 12.2. The van der Waals surface area contributed by atoms with Crippen LogP contribution in [0.3, 0.4) is 0 Å². The Hall–Kier alpha value is -2.79. The molecular weight excluding hydrogens is 254 g/mol. The molecule has 0 fully saturated rings. The summed E-state index contributed by atoms with van der Waals surface area (Å²) in [5.41, 5.74) is -0.109. The van der Waals surface area contributed by atoms with Gasteiger partial charge in [-0.3, -0.25) is 0 Å². The van der Waals surface area contributed by atoms with Crippen LogP contribution in [0.2, 0.25) is 0 Å². The van der Waals surface area contributed by atoms with Crippen molar-refractivity contribution >= 4 is 5.97 Å². The minimum Gasteiger partial charge on any atom is -0.467 e. The summed E-state index contributed by atoms with van der Waals surface area (Å²) in [6, 6.07) is 13.3. The largest absolute Gasteiger partial charge is 0.467 e. The molecule has 0 amide bonds. The lowest BCUT2D eigenvalue weighted by Crippen LogP contribution is -2.54. The molecule has 0 radical (unpaired) electrons. The average Bonchev–Trinajstić information content (AvgIpc) is 2.86. The molecule has 1 N–H and O–H groups in total. The van der Waals surface area contributed by atoms with E-state index in [0.717, 1.165) is 5.56 Å². The van der Waals surface area contributed by atoms with Crippen molar-refractivity contribution < 1.29 is 9.53 Å². The molecule has 1 aromatic carbocycles. The Morgan fingerprint density at radius 3 is 2.65 bits per heavy atom. The molecule has 100 valence electrons. The molecule has 20 heavy (non-hydrogen) atoms. The first-order valence-electron chi connectivity index (χ1n) is 6.07. The third-order valence-electron chi connectivity index (χ3n) is 3.42. The Morgan fingerprint density at radius 2 is 2.10 bits per heavy atom. The van der Waals surface area contributed by atoms with Crippen LogP contribution in [0.15, 0.2) is 42.1 Å². The maximum atomic E-state index is 12.2. The third-order valence-corrected chi connectivity index (χ3v) is 3.42. The molecule has 0 saturated carbocycles. The molecule has 0 aliphatic carbocycles. The van der Waals surface area contributed by atoms with Gasteiger partial charge in [-0.2, -0.15) is 10.5 Å². The number of hydrogen-bond acceptors (Lipinski definition) is 5. The van der Waals surface area contributed by atoms with E-state index in [1.54, 1.807) is 0 Å². The fraction of sp³-hybridized carbons (Fsp3) is 0.267. The first-order chi connectivity index (χ1) is 9.67. The number of nitriles is 2. The smallest absolute Gasteiger partial charge is 0.333 e. The second kappa shape index (κ2) is 5.46. The Labute approximate surface area is 117 Å². The topological polar surface area (TPSA) is 85.9 Å². The van der Waals surface area contributed by atoms with E-state index in [0.29, 0.717) is 0 Å². The summed E-state index contributed by atoms with van der Waals surface area (Å²) in [5.74, 6) is -1.41. The zero-order valence-corrected chi connectivity index (χ0v) is 11.0. The fourth-order valence-electron chi connectivity index (χ4n) is 2.42. The van der Waals surface area contributed by atoms with Crippen molar-refractivity contribution in [2.75, 3.05) is 7.11 Å². The van der Waals surface area contributed by atoms with Gasteiger partial charge >= 0.3 is 5.97 Å². The molecule has 2 rings (SSSR count). The van der Waals surface area contributed by atoms with Gasteiger partial charge in [0, 0.05) is 12.6 Å². The number of hydrogen-bond donors (Lipinski definition) is 1. The van der Waals surface area contributed by atoms with E-state index in [1.165, 1.54) is 13.3 Å². The first-order valence-corrected chi connectivity index (χ1v) is 6.07. The van der Waals surface area contributed by atoms with Crippen molar-refractivity contribution in [1.29, 1.82) is 10.5 Å². The summed E-state index contributed by atoms with van der Waals surface area (Å²) in [6.07, 6.45) is 1.70.